The second-order valence-corrected chi connectivity index (χ2v) is 6.37. The number of pyridine rings is 2. The maximum atomic E-state index is 12.8. The van der Waals surface area contributed by atoms with Gasteiger partial charge in [-0.1, -0.05) is 60.7 Å². The Morgan fingerprint density at radius 3 is 2.25 bits per heavy atom. The first-order valence-corrected chi connectivity index (χ1v) is 8.64. The average Bonchev–Trinajstić information content (AvgIpc) is 2.72. The fraction of sp³-hybridized carbons (Fsp3) is 0.0455. The van der Waals surface area contributed by atoms with Gasteiger partial charge in [0.15, 0.2) is 5.56 Å². The second-order valence-electron chi connectivity index (χ2n) is 6.37. The zero-order valence-corrected chi connectivity index (χ0v) is 14.7. The molecule has 4 aromatic rings. The molecule has 0 aliphatic rings. The number of rotatable bonds is 4. The van der Waals surface area contributed by atoms with Gasteiger partial charge in [0.25, 0.3) is 5.56 Å². The van der Waals surface area contributed by atoms with E-state index in [9.17, 15) is 19.8 Å². The molecule has 0 aliphatic carbocycles. The predicted molar refractivity (Wildman–Crippen MR) is 106 cm³/mol. The molecule has 6 nitrogen and oxygen atoms in total. The summed E-state index contributed by atoms with van der Waals surface area (Å²) in [5.74, 6) is -2.04. The SMILES string of the molecule is O=C(O)c1c(O)c2cc(-c3ccccc3)cnc2n(Cc2ccccc2)c1=O. The lowest BCUT2D eigenvalue weighted by Crippen LogP contribution is -2.28. The van der Waals surface area contributed by atoms with Crippen molar-refractivity contribution >= 4 is 17.0 Å². The van der Waals surface area contributed by atoms with Crippen molar-refractivity contribution in [3.8, 4) is 16.9 Å². The molecule has 0 atom stereocenters. The van der Waals surface area contributed by atoms with Gasteiger partial charge >= 0.3 is 5.97 Å². The largest absolute Gasteiger partial charge is 0.506 e. The van der Waals surface area contributed by atoms with Gasteiger partial charge in [-0.15, -0.1) is 0 Å². The van der Waals surface area contributed by atoms with Gasteiger partial charge in [-0.25, -0.2) is 9.78 Å². The average molecular weight is 372 g/mol. The first-order chi connectivity index (χ1) is 13.6. The van der Waals surface area contributed by atoms with E-state index in [1.807, 2.05) is 60.7 Å². The summed E-state index contributed by atoms with van der Waals surface area (Å²) in [6.45, 7) is 0.147. The highest BCUT2D eigenvalue weighted by molar-refractivity contribution is 5.98. The molecule has 4 rings (SSSR count). The fourth-order valence-electron chi connectivity index (χ4n) is 3.21. The van der Waals surface area contributed by atoms with Crippen LogP contribution < -0.4 is 5.56 Å². The molecule has 2 heterocycles. The zero-order chi connectivity index (χ0) is 19.7. The van der Waals surface area contributed by atoms with Crippen molar-refractivity contribution < 1.29 is 15.0 Å². The number of carbonyl (C=O) groups is 1. The Balaban J connectivity index is 2.00. The number of carboxylic acids is 1. The van der Waals surface area contributed by atoms with Crippen LogP contribution in [0.4, 0.5) is 0 Å². The fourth-order valence-corrected chi connectivity index (χ4v) is 3.21. The number of fused-ring (bicyclic) bond motifs is 1. The number of aromatic nitrogens is 2. The number of hydrogen-bond donors (Lipinski definition) is 2. The molecule has 2 aromatic carbocycles. The van der Waals surface area contributed by atoms with Crippen molar-refractivity contribution in [1.29, 1.82) is 0 Å². The van der Waals surface area contributed by atoms with Gasteiger partial charge in [0.05, 0.1) is 11.9 Å². The van der Waals surface area contributed by atoms with Gasteiger partial charge in [-0.2, -0.15) is 0 Å². The van der Waals surface area contributed by atoms with Crippen LogP contribution >= 0.6 is 0 Å². The first-order valence-electron chi connectivity index (χ1n) is 8.64. The Morgan fingerprint density at radius 1 is 0.964 bits per heavy atom. The standard InChI is InChI=1S/C22H16N2O4/c25-19-17-11-16(15-9-5-2-6-10-15)12-23-20(17)24(21(26)18(19)22(27)28)13-14-7-3-1-4-8-14/h1-12,25H,13H2,(H,27,28). The van der Waals surface area contributed by atoms with Crippen molar-refractivity contribution in [1.82, 2.24) is 9.55 Å². The van der Waals surface area contributed by atoms with Gasteiger partial charge in [0, 0.05) is 11.8 Å². The third-order valence-electron chi connectivity index (χ3n) is 4.58. The summed E-state index contributed by atoms with van der Waals surface area (Å²) in [7, 11) is 0. The Labute approximate surface area is 160 Å². The lowest BCUT2D eigenvalue weighted by atomic mass is 10.0. The molecule has 0 saturated heterocycles. The van der Waals surface area contributed by atoms with Crippen LogP contribution in [0.3, 0.4) is 0 Å². The molecule has 2 N–H and O–H groups in total. The van der Waals surface area contributed by atoms with E-state index < -0.39 is 22.8 Å². The van der Waals surface area contributed by atoms with E-state index in [0.29, 0.717) is 5.56 Å². The lowest BCUT2D eigenvalue weighted by Gasteiger charge is -2.14. The van der Waals surface area contributed by atoms with Crippen LogP contribution in [0.15, 0.2) is 77.7 Å². The summed E-state index contributed by atoms with van der Waals surface area (Å²) in [6.07, 6.45) is 1.61. The smallest absolute Gasteiger partial charge is 0.345 e. The van der Waals surface area contributed by atoms with E-state index >= 15 is 0 Å². The molecule has 6 heteroatoms. The van der Waals surface area contributed by atoms with Crippen LogP contribution in [0.2, 0.25) is 0 Å². The number of aromatic hydroxyl groups is 1. The molecule has 0 fully saturated rings. The van der Waals surface area contributed by atoms with Crippen molar-refractivity contribution in [2.45, 2.75) is 6.54 Å². The zero-order valence-electron chi connectivity index (χ0n) is 14.7. The second kappa shape index (κ2) is 7.00. The third-order valence-corrected chi connectivity index (χ3v) is 4.58. The normalized spacial score (nSPS) is 10.9. The van der Waals surface area contributed by atoms with Crippen LogP contribution in [0.25, 0.3) is 22.2 Å². The molecule has 0 bridgehead atoms. The van der Waals surface area contributed by atoms with E-state index in [-0.39, 0.29) is 17.6 Å². The van der Waals surface area contributed by atoms with Crippen molar-refractivity contribution in [2.75, 3.05) is 0 Å². The molecule has 0 aliphatic heterocycles. The maximum Gasteiger partial charge on any atom is 0.345 e. The molecule has 0 amide bonds. The van der Waals surface area contributed by atoms with Crippen molar-refractivity contribution in [3.05, 3.63) is 94.4 Å². The Bertz CT molecular complexity index is 1230. The van der Waals surface area contributed by atoms with Gasteiger partial charge in [-0.05, 0) is 17.2 Å². The Hall–Kier alpha value is -3.93. The molecule has 138 valence electrons. The number of benzene rings is 2. The highest BCUT2D eigenvalue weighted by Crippen LogP contribution is 2.30. The molecule has 2 aromatic heterocycles. The highest BCUT2D eigenvalue weighted by Gasteiger charge is 2.23. The summed E-state index contributed by atoms with van der Waals surface area (Å²) >= 11 is 0. The lowest BCUT2D eigenvalue weighted by molar-refractivity contribution is 0.0691. The molecule has 0 radical (unpaired) electrons. The van der Waals surface area contributed by atoms with Crippen molar-refractivity contribution in [2.24, 2.45) is 0 Å². The summed E-state index contributed by atoms with van der Waals surface area (Å²) < 4.78 is 1.28. The van der Waals surface area contributed by atoms with E-state index in [2.05, 4.69) is 4.98 Å². The maximum absolute atomic E-state index is 12.8. The molecule has 0 spiro atoms. The summed E-state index contributed by atoms with van der Waals surface area (Å²) in [6, 6.07) is 20.3. The first kappa shape index (κ1) is 17.5. The molecule has 0 saturated carbocycles. The number of carboxylic acid groups (broad SMARTS) is 1. The van der Waals surface area contributed by atoms with Crippen LogP contribution in [-0.4, -0.2) is 25.7 Å². The Morgan fingerprint density at radius 2 is 1.61 bits per heavy atom. The quantitative estimate of drug-likeness (QED) is 0.572. The number of aromatic carboxylic acids is 1. The number of nitrogens with zero attached hydrogens (tertiary/aromatic N) is 2. The minimum Gasteiger partial charge on any atom is -0.506 e. The van der Waals surface area contributed by atoms with E-state index in [0.717, 1.165) is 11.1 Å². The minimum absolute atomic E-state index is 0.147. The molecule has 28 heavy (non-hydrogen) atoms. The third kappa shape index (κ3) is 3.01. The summed E-state index contributed by atoms with van der Waals surface area (Å²) in [4.78, 5) is 28.8. The van der Waals surface area contributed by atoms with Crippen LogP contribution in [0.1, 0.15) is 15.9 Å². The van der Waals surface area contributed by atoms with E-state index in [1.165, 1.54) is 4.57 Å². The monoisotopic (exact) mass is 372 g/mol. The van der Waals surface area contributed by atoms with Gasteiger partial charge in [-0.3, -0.25) is 9.36 Å². The molecule has 0 unspecified atom stereocenters. The van der Waals surface area contributed by atoms with E-state index in [4.69, 9.17) is 0 Å². The van der Waals surface area contributed by atoms with Gasteiger partial charge in [0.2, 0.25) is 0 Å². The van der Waals surface area contributed by atoms with Crippen molar-refractivity contribution in [3.63, 3.8) is 0 Å². The van der Waals surface area contributed by atoms with Crippen LogP contribution in [-0.2, 0) is 6.54 Å². The van der Waals surface area contributed by atoms with Crippen LogP contribution in [0, 0.1) is 0 Å². The summed E-state index contributed by atoms with van der Waals surface area (Å²) in [5.41, 5.74) is 1.19. The minimum atomic E-state index is -1.48. The van der Waals surface area contributed by atoms with E-state index in [1.54, 1.807) is 12.3 Å². The highest BCUT2D eigenvalue weighted by atomic mass is 16.4. The van der Waals surface area contributed by atoms with Gasteiger partial charge in [0.1, 0.15) is 11.4 Å². The molecular weight excluding hydrogens is 356 g/mol. The number of hydrogen-bond acceptors (Lipinski definition) is 4. The topological polar surface area (TPSA) is 92.4 Å². The Kier molecular flexibility index (Phi) is 4.37. The summed E-state index contributed by atoms with van der Waals surface area (Å²) in [5, 5.41) is 20.2. The van der Waals surface area contributed by atoms with Gasteiger partial charge < -0.3 is 10.2 Å². The molecular formula is C22H16N2O4. The predicted octanol–water partition coefficient (Wildman–Crippen LogP) is 3.52. The van der Waals surface area contributed by atoms with Crippen LogP contribution in [0.5, 0.6) is 5.75 Å².